The van der Waals surface area contributed by atoms with Gasteiger partial charge in [0.1, 0.15) is 30.5 Å². The molecule has 10 heteroatoms. The molecule has 9 atom stereocenters. The van der Waals surface area contributed by atoms with Gasteiger partial charge in [0.25, 0.3) is 0 Å². The molecule has 0 bridgehead atoms. The lowest BCUT2D eigenvalue weighted by Crippen LogP contribution is -2.60. The third kappa shape index (κ3) is 28.8. The second-order valence-corrected chi connectivity index (χ2v) is 17.6. The maximum atomic E-state index is 13.0. The van der Waals surface area contributed by atoms with Gasteiger partial charge in [-0.2, -0.15) is 0 Å². The summed E-state index contributed by atoms with van der Waals surface area (Å²) in [5, 5.41) is 64.7. The molecule has 0 spiro atoms. The third-order valence-corrected chi connectivity index (χ3v) is 12.2. The molecule has 10 nitrogen and oxygen atoms in total. The fraction of sp³-hybridized carbons (Fsp3) is 0.898. The van der Waals surface area contributed by atoms with Gasteiger partial charge >= 0.3 is 0 Å². The second-order valence-electron chi connectivity index (χ2n) is 17.6. The van der Waals surface area contributed by atoms with Gasteiger partial charge in [0.2, 0.25) is 5.91 Å². The lowest BCUT2D eigenvalue weighted by molar-refractivity contribution is -0.302. The van der Waals surface area contributed by atoms with Crippen molar-refractivity contribution in [2.45, 2.75) is 262 Å². The summed E-state index contributed by atoms with van der Waals surface area (Å²) < 4.78 is 11.1. The van der Waals surface area contributed by atoms with Crippen LogP contribution in [0.2, 0.25) is 0 Å². The van der Waals surface area contributed by atoms with Crippen molar-refractivity contribution in [2.75, 3.05) is 13.2 Å². The first-order chi connectivity index (χ1) is 28.7. The highest BCUT2D eigenvalue weighted by Crippen LogP contribution is 2.23. The Labute approximate surface area is 361 Å². The molecule has 1 amide bonds. The van der Waals surface area contributed by atoms with Crippen molar-refractivity contribution in [3.8, 4) is 0 Å². The van der Waals surface area contributed by atoms with Crippen LogP contribution < -0.4 is 5.32 Å². The van der Waals surface area contributed by atoms with Crippen LogP contribution in [0, 0.1) is 5.92 Å². The highest BCUT2D eigenvalue weighted by molar-refractivity contribution is 5.80. The standard InChI is InChI=1S/C49H93NO9/c1-4-6-7-8-9-10-11-12-13-14-15-16-17-18-19-20-25-28-31-34-37-43(53)48(57)50-41(39-58-49-47(56)46(55)45(54)44(38-51)59-49)42(52)36-33-30-27-24-22-21-23-26-29-32-35-40(3)5-2/h28,31,33,36,40-47,49,51-56H,4-27,29-30,32,34-35,37-39H2,1-3H3,(H,50,57). The zero-order valence-corrected chi connectivity index (χ0v) is 38.0. The smallest absolute Gasteiger partial charge is 0.249 e. The van der Waals surface area contributed by atoms with Crippen molar-refractivity contribution in [1.82, 2.24) is 5.32 Å². The minimum Gasteiger partial charge on any atom is -0.394 e. The van der Waals surface area contributed by atoms with E-state index in [2.05, 4.69) is 32.2 Å². The maximum absolute atomic E-state index is 13.0. The molecule has 1 rings (SSSR count). The van der Waals surface area contributed by atoms with Gasteiger partial charge in [0, 0.05) is 0 Å². The van der Waals surface area contributed by atoms with Crippen LogP contribution in [0.1, 0.15) is 213 Å². The molecule has 7 N–H and O–H groups in total. The quantitative estimate of drug-likeness (QED) is 0.0235. The van der Waals surface area contributed by atoms with E-state index in [9.17, 15) is 35.4 Å². The molecule has 1 aliphatic rings. The lowest BCUT2D eigenvalue weighted by Gasteiger charge is -2.40. The van der Waals surface area contributed by atoms with Gasteiger partial charge in [0.05, 0.1) is 25.4 Å². The molecular formula is C49H93NO9. The van der Waals surface area contributed by atoms with E-state index in [1.54, 1.807) is 6.08 Å². The Hall–Kier alpha value is -1.37. The number of hydrogen-bond acceptors (Lipinski definition) is 9. The first-order valence-electron chi connectivity index (χ1n) is 24.6. The van der Waals surface area contributed by atoms with Crippen LogP contribution in [-0.4, -0.2) is 98.7 Å². The SMILES string of the molecule is CCCCCCCCCCCCCCCCCCC=CCCC(O)C(=O)NC(COC1OC(CO)C(O)C(O)C1O)C(O)C=CCCCCCCCCCCC(C)CC. The molecule has 1 aliphatic heterocycles. The number of nitrogens with one attached hydrogen (secondary N) is 1. The van der Waals surface area contributed by atoms with Gasteiger partial charge in [-0.15, -0.1) is 0 Å². The number of ether oxygens (including phenoxy) is 2. The van der Waals surface area contributed by atoms with Crippen LogP contribution in [0.4, 0.5) is 0 Å². The van der Waals surface area contributed by atoms with Crippen LogP contribution in [0.5, 0.6) is 0 Å². The van der Waals surface area contributed by atoms with Crippen molar-refractivity contribution < 1.29 is 44.9 Å². The minimum atomic E-state index is -1.61. The van der Waals surface area contributed by atoms with Crippen LogP contribution in [-0.2, 0) is 14.3 Å². The van der Waals surface area contributed by atoms with Crippen molar-refractivity contribution in [2.24, 2.45) is 5.92 Å². The van der Waals surface area contributed by atoms with Crippen molar-refractivity contribution in [1.29, 1.82) is 0 Å². The molecule has 0 saturated carbocycles. The summed E-state index contributed by atoms with van der Waals surface area (Å²) in [5.41, 5.74) is 0. The fourth-order valence-corrected chi connectivity index (χ4v) is 7.73. The molecule has 0 aromatic rings. The summed E-state index contributed by atoms with van der Waals surface area (Å²) in [4.78, 5) is 13.0. The van der Waals surface area contributed by atoms with Gasteiger partial charge in [0.15, 0.2) is 6.29 Å². The number of allylic oxidation sites excluding steroid dienone is 3. The topological polar surface area (TPSA) is 169 Å². The van der Waals surface area contributed by atoms with Crippen LogP contribution in [0.3, 0.4) is 0 Å². The predicted octanol–water partition coefficient (Wildman–Crippen LogP) is 9.50. The van der Waals surface area contributed by atoms with Gasteiger partial charge in [-0.1, -0.05) is 199 Å². The highest BCUT2D eigenvalue weighted by atomic mass is 16.7. The first kappa shape index (κ1) is 55.6. The van der Waals surface area contributed by atoms with Gasteiger partial charge < -0.3 is 45.4 Å². The van der Waals surface area contributed by atoms with Crippen LogP contribution >= 0.6 is 0 Å². The summed E-state index contributed by atoms with van der Waals surface area (Å²) in [7, 11) is 0. The normalized spacial score (nSPS) is 21.9. The van der Waals surface area contributed by atoms with Crippen molar-refractivity contribution in [3.05, 3.63) is 24.3 Å². The third-order valence-electron chi connectivity index (χ3n) is 12.2. The Kier molecular flexibility index (Phi) is 36.1. The van der Waals surface area contributed by atoms with E-state index >= 15 is 0 Å². The molecule has 348 valence electrons. The molecule has 0 aromatic heterocycles. The Morgan fingerprint density at radius 2 is 1.10 bits per heavy atom. The van der Waals surface area contributed by atoms with Gasteiger partial charge in [-0.3, -0.25) is 4.79 Å². The summed E-state index contributed by atoms with van der Waals surface area (Å²) in [5.74, 6) is 0.182. The number of rotatable bonds is 40. The van der Waals surface area contributed by atoms with Crippen LogP contribution in [0.15, 0.2) is 24.3 Å². The lowest BCUT2D eigenvalue weighted by atomic mass is 9.99. The Balaban J connectivity index is 2.39. The molecule has 1 saturated heterocycles. The molecule has 1 heterocycles. The van der Waals surface area contributed by atoms with E-state index in [0.717, 1.165) is 38.0 Å². The second kappa shape index (κ2) is 38.3. The average Bonchev–Trinajstić information content (AvgIpc) is 3.24. The van der Waals surface area contributed by atoms with E-state index in [1.165, 1.54) is 148 Å². The first-order valence-corrected chi connectivity index (χ1v) is 24.6. The summed E-state index contributed by atoms with van der Waals surface area (Å²) in [6, 6.07) is -0.994. The van der Waals surface area contributed by atoms with E-state index in [-0.39, 0.29) is 13.0 Å². The number of aliphatic hydroxyl groups is 6. The van der Waals surface area contributed by atoms with Gasteiger partial charge in [-0.05, 0) is 44.4 Å². The van der Waals surface area contributed by atoms with E-state index < -0.39 is 61.5 Å². The summed E-state index contributed by atoms with van der Waals surface area (Å²) >= 11 is 0. The Bertz CT molecular complexity index is 1010. The highest BCUT2D eigenvalue weighted by Gasteiger charge is 2.44. The average molecular weight is 840 g/mol. The number of hydrogen-bond donors (Lipinski definition) is 7. The summed E-state index contributed by atoms with van der Waals surface area (Å²) in [6.07, 6.45) is 34.2. The van der Waals surface area contributed by atoms with Crippen LogP contribution in [0.25, 0.3) is 0 Å². The summed E-state index contributed by atoms with van der Waals surface area (Å²) in [6.45, 7) is 5.94. The molecule has 1 fully saturated rings. The van der Waals surface area contributed by atoms with E-state index in [4.69, 9.17) is 9.47 Å². The molecule has 0 radical (unpaired) electrons. The maximum Gasteiger partial charge on any atom is 0.249 e. The van der Waals surface area contributed by atoms with Gasteiger partial charge in [-0.25, -0.2) is 0 Å². The van der Waals surface area contributed by atoms with Crippen molar-refractivity contribution in [3.63, 3.8) is 0 Å². The molecule has 59 heavy (non-hydrogen) atoms. The van der Waals surface area contributed by atoms with Crippen molar-refractivity contribution >= 4 is 5.91 Å². The fourth-order valence-electron chi connectivity index (χ4n) is 7.73. The monoisotopic (exact) mass is 840 g/mol. The Morgan fingerprint density at radius 3 is 1.61 bits per heavy atom. The molecule has 0 aromatic carbocycles. The zero-order chi connectivity index (χ0) is 43.4. The zero-order valence-electron chi connectivity index (χ0n) is 38.0. The number of carbonyl (C=O) groups is 1. The Morgan fingerprint density at radius 1 is 0.627 bits per heavy atom. The number of carbonyl (C=O) groups excluding carboxylic acids is 1. The number of aliphatic hydroxyl groups excluding tert-OH is 6. The van der Waals surface area contributed by atoms with E-state index in [0.29, 0.717) is 6.42 Å². The number of amides is 1. The largest absolute Gasteiger partial charge is 0.394 e. The minimum absolute atomic E-state index is 0.228. The molecule has 0 aliphatic carbocycles. The predicted molar refractivity (Wildman–Crippen MR) is 241 cm³/mol. The number of unbranched alkanes of at least 4 members (excludes halogenated alkanes) is 24. The molecule has 9 unspecified atom stereocenters. The van der Waals surface area contributed by atoms with E-state index in [1.807, 2.05) is 12.2 Å². The molecular weight excluding hydrogens is 747 g/mol.